The van der Waals surface area contributed by atoms with Gasteiger partial charge < -0.3 is 13.8 Å². The van der Waals surface area contributed by atoms with Crippen molar-refractivity contribution < 1.29 is 8.83 Å². The molecular formula is C21H15Cl2N3O4. The van der Waals surface area contributed by atoms with Gasteiger partial charge in [-0.2, -0.15) is 0 Å². The summed E-state index contributed by atoms with van der Waals surface area (Å²) < 4.78 is 10.9. The van der Waals surface area contributed by atoms with E-state index >= 15 is 0 Å². The quantitative estimate of drug-likeness (QED) is 0.514. The summed E-state index contributed by atoms with van der Waals surface area (Å²) in [6, 6.07) is 6.57. The number of H-pyrrole nitrogens is 1. The molecule has 1 aromatic carbocycles. The number of nitrogens with zero attached hydrogens (tertiary/aromatic N) is 2. The third kappa shape index (κ3) is 3.35. The van der Waals surface area contributed by atoms with E-state index in [4.69, 9.17) is 32.0 Å². The van der Waals surface area contributed by atoms with Crippen LogP contribution in [0.1, 0.15) is 16.8 Å². The fourth-order valence-corrected chi connectivity index (χ4v) is 4.24. The van der Waals surface area contributed by atoms with E-state index in [1.54, 1.807) is 18.2 Å². The first-order valence-corrected chi connectivity index (χ1v) is 10.0. The molecule has 0 radical (unpaired) electrons. The predicted octanol–water partition coefficient (Wildman–Crippen LogP) is 4.00. The molecule has 3 aromatic heterocycles. The van der Waals surface area contributed by atoms with Crippen LogP contribution in [0.4, 0.5) is 0 Å². The van der Waals surface area contributed by atoms with Gasteiger partial charge in [-0.3, -0.25) is 14.5 Å². The van der Waals surface area contributed by atoms with E-state index < -0.39 is 0 Å². The summed E-state index contributed by atoms with van der Waals surface area (Å²) in [5, 5.41) is 0.997. The molecule has 1 N–H and O–H groups in total. The molecule has 0 saturated carbocycles. The minimum absolute atomic E-state index is 0.188. The van der Waals surface area contributed by atoms with E-state index in [9.17, 15) is 9.59 Å². The summed E-state index contributed by atoms with van der Waals surface area (Å²) in [5.74, 6) is 0.935. The normalized spacial score (nSPS) is 14.2. The number of fused-ring (bicyclic) bond motifs is 2. The van der Waals surface area contributed by atoms with Gasteiger partial charge in [0.25, 0.3) is 5.56 Å². The minimum Gasteiger partial charge on any atom is -0.462 e. The lowest BCUT2D eigenvalue weighted by Gasteiger charge is -2.27. The van der Waals surface area contributed by atoms with Crippen molar-refractivity contribution in [3.63, 3.8) is 0 Å². The maximum atomic E-state index is 12.9. The van der Waals surface area contributed by atoms with Gasteiger partial charge in [0.15, 0.2) is 22.6 Å². The van der Waals surface area contributed by atoms with E-state index in [2.05, 4.69) is 9.97 Å². The number of hydrogen-bond donors (Lipinski definition) is 1. The van der Waals surface area contributed by atoms with Crippen LogP contribution in [0.5, 0.6) is 0 Å². The van der Waals surface area contributed by atoms with Gasteiger partial charge in [0.2, 0.25) is 0 Å². The van der Waals surface area contributed by atoms with Crippen molar-refractivity contribution in [3.05, 3.63) is 84.2 Å². The van der Waals surface area contributed by atoms with Crippen LogP contribution in [0.15, 0.2) is 55.2 Å². The largest absolute Gasteiger partial charge is 0.462 e. The zero-order chi connectivity index (χ0) is 20.8. The number of halogens is 2. The molecule has 0 bridgehead atoms. The van der Waals surface area contributed by atoms with Crippen molar-refractivity contribution in [2.24, 2.45) is 0 Å². The Kier molecular flexibility index (Phi) is 4.73. The third-order valence-corrected chi connectivity index (χ3v) is 5.66. The first kappa shape index (κ1) is 19.1. The summed E-state index contributed by atoms with van der Waals surface area (Å²) in [7, 11) is 0. The Balaban J connectivity index is 1.44. The number of nitrogens with one attached hydrogen (secondary N) is 1. The van der Waals surface area contributed by atoms with Crippen LogP contribution >= 0.6 is 23.2 Å². The Hall–Kier alpha value is -2.87. The average molecular weight is 444 g/mol. The Morgan fingerprint density at radius 2 is 2.07 bits per heavy atom. The maximum Gasteiger partial charge on any atom is 0.256 e. The van der Waals surface area contributed by atoms with E-state index in [-0.39, 0.29) is 16.0 Å². The second-order valence-electron chi connectivity index (χ2n) is 7.13. The molecule has 0 amide bonds. The van der Waals surface area contributed by atoms with Crippen LogP contribution < -0.4 is 11.0 Å². The van der Waals surface area contributed by atoms with Crippen molar-refractivity contribution in [1.29, 1.82) is 0 Å². The van der Waals surface area contributed by atoms with Crippen LogP contribution in [0.3, 0.4) is 0 Å². The van der Waals surface area contributed by atoms with Gasteiger partial charge in [-0.25, -0.2) is 4.98 Å². The molecule has 7 nitrogen and oxygen atoms in total. The number of furan rings is 1. The molecule has 0 spiro atoms. The molecule has 1 aliphatic heterocycles. The smallest absolute Gasteiger partial charge is 0.256 e. The predicted molar refractivity (Wildman–Crippen MR) is 113 cm³/mol. The average Bonchev–Trinajstić information content (AvgIpc) is 3.26. The zero-order valence-corrected chi connectivity index (χ0v) is 17.1. The lowest BCUT2D eigenvalue weighted by Crippen LogP contribution is -2.36. The van der Waals surface area contributed by atoms with Gasteiger partial charge in [0.05, 0.1) is 34.2 Å². The molecule has 0 atom stereocenters. The van der Waals surface area contributed by atoms with Gasteiger partial charge in [0.1, 0.15) is 0 Å². The summed E-state index contributed by atoms with van der Waals surface area (Å²) in [4.78, 5) is 34.9. The molecule has 4 aromatic rings. The van der Waals surface area contributed by atoms with Gasteiger partial charge in [0, 0.05) is 36.6 Å². The number of aromatic amines is 1. The first-order valence-electron chi connectivity index (χ1n) is 9.27. The molecule has 5 rings (SSSR count). The molecule has 152 valence electrons. The molecular weight excluding hydrogens is 429 g/mol. The molecule has 9 heteroatoms. The first-order chi connectivity index (χ1) is 14.5. The zero-order valence-electron chi connectivity index (χ0n) is 15.6. The van der Waals surface area contributed by atoms with Gasteiger partial charge in [-0.05, 0) is 24.3 Å². The molecule has 0 unspecified atom stereocenters. The van der Waals surface area contributed by atoms with E-state index in [1.165, 1.54) is 18.6 Å². The second kappa shape index (κ2) is 7.43. The van der Waals surface area contributed by atoms with Crippen LogP contribution in [0.2, 0.25) is 10.0 Å². The monoisotopic (exact) mass is 443 g/mol. The van der Waals surface area contributed by atoms with E-state index in [0.717, 1.165) is 5.69 Å². The highest BCUT2D eigenvalue weighted by molar-refractivity contribution is 6.38. The van der Waals surface area contributed by atoms with Crippen molar-refractivity contribution in [3.8, 4) is 11.6 Å². The van der Waals surface area contributed by atoms with Crippen LogP contribution in [0, 0.1) is 0 Å². The van der Waals surface area contributed by atoms with E-state index in [0.29, 0.717) is 64.8 Å². The highest BCUT2D eigenvalue weighted by atomic mass is 35.5. The lowest BCUT2D eigenvalue weighted by molar-refractivity contribution is 0.239. The van der Waals surface area contributed by atoms with Crippen LogP contribution in [-0.4, -0.2) is 21.4 Å². The maximum absolute atomic E-state index is 12.9. The summed E-state index contributed by atoms with van der Waals surface area (Å²) in [6.45, 7) is 1.36. The molecule has 1 aliphatic rings. The second-order valence-corrected chi connectivity index (χ2v) is 7.98. The highest BCUT2D eigenvalue weighted by Gasteiger charge is 2.23. The van der Waals surface area contributed by atoms with Crippen LogP contribution in [0.25, 0.3) is 22.6 Å². The Morgan fingerprint density at radius 3 is 2.87 bits per heavy atom. The van der Waals surface area contributed by atoms with Gasteiger partial charge in [-0.1, -0.05) is 23.2 Å². The summed E-state index contributed by atoms with van der Waals surface area (Å²) in [6.07, 6.45) is 3.54. The van der Waals surface area contributed by atoms with Crippen molar-refractivity contribution in [2.75, 3.05) is 6.54 Å². The van der Waals surface area contributed by atoms with Crippen molar-refractivity contribution in [2.45, 2.75) is 19.5 Å². The topological polar surface area (TPSA) is 92.3 Å². The molecule has 0 aliphatic carbocycles. The summed E-state index contributed by atoms with van der Waals surface area (Å²) >= 11 is 12.2. The standard InChI is InChI=1S/C21H15Cl2N3O4/c22-12-6-13-18(27)11(10-30-19(13)15(23)7-12)8-26-4-3-16-14(9-26)21(28)25-20(24-16)17-2-1-5-29-17/h1-2,5-7,10H,3-4,8-9H2,(H,24,25,28). The van der Waals surface area contributed by atoms with Crippen molar-refractivity contribution >= 4 is 34.2 Å². The number of hydrogen-bond acceptors (Lipinski definition) is 6. The third-order valence-electron chi connectivity index (χ3n) is 5.16. The molecule has 4 heterocycles. The Bertz CT molecular complexity index is 1380. The SMILES string of the molecule is O=c1[nH]c(-c2ccco2)nc2c1CN(Cc1coc3c(Cl)cc(Cl)cc3c1=O)CC2. The highest BCUT2D eigenvalue weighted by Crippen LogP contribution is 2.27. The van der Waals surface area contributed by atoms with Crippen LogP contribution in [-0.2, 0) is 19.5 Å². The molecule has 0 fully saturated rings. The van der Waals surface area contributed by atoms with E-state index in [1.807, 2.05) is 4.90 Å². The fraction of sp³-hybridized carbons (Fsp3) is 0.190. The number of rotatable bonds is 3. The summed E-state index contributed by atoms with van der Waals surface area (Å²) in [5.41, 5.74) is 1.72. The lowest BCUT2D eigenvalue weighted by atomic mass is 10.1. The minimum atomic E-state index is -0.208. The van der Waals surface area contributed by atoms with Gasteiger partial charge >= 0.3 is 0 Å². The van der Waals surface area contributed by atoms with Gasteiger partial charge in [-0.15, -0.1) is 0 Å². The molecule has 30 heavy (non-hydrogen) atoms. The Morgan fingerprint density at radius 1 is 1.20 bits per heavy atom. The number of benzene rings is 1. The Labute approximate surface area is 179 Å². The van der Waals surface area contributed by atoms with Crippen molar-refractivity contribution in [1.82, 2.24) is 14.9 Å². The molecule has 0 saturated heterocycles. The fourth-order valence-electron chi connectivity index (χ4n) is 3.70. The number of aromatic nitrogens is 2.